The zero-order chi connectivity index (χ0) is 10.8. The molecule has 1 aliphatic heterocycles. The number of hydrogen-bond acceptors (Lipinski definition) is 3. The van der Waals surface area contributed by atoms with Crippen LogP contribution in [0.1, 0.15) is 25.1 Å². The third-order valence-electron chi connectivity index (χ3n) is 2.76. The fourth-order valence-corrected chi connectivity index (χ4v) is 1.87. The van der Waals surface area contributed by atoms with E-state index < -0.39 is 0 Å². The van der Waals surface area contributed by atoms with Crippen LogP contribution in [-0.4, -0.2) is 17.4 Å². The second-order valence-corrected chi connectivity index (χ2v) is 3.77. The number of nitrogens with zero attached hydrogens (tertiary/aromatic N) is 2. The van der Waals surface area contributed by atoms with E-state index >= 15 is 0 Å². The van der Waals surface area contributed by atoms with E-state index in [4.69, 9.17) is 9.68 Å². The van der Waals surface area contributed by atoms with Crippen molar-refractivity contribution in [3.8, 4) is 6.07 Å². The lowest BCUT2D eigenvalue weighted by atomic mass is 10.1. The average molecular weight is 204 g/mol. The molecule has 1 saturated heterocycles. The third kappa shape index (κ3) is 1.73. The second kappa shape index (κ2) is 3.77. The van der Waals surface area contributed by atoms with Crippen LogP contribution in [0.3, 0.4) is 0 Å². The molecule has 15 heavy (non-hydrogen) atoms. The molecule has 1 aromatic heterocycles. The Hall–Kier alpha value is -1.76. The highest BCUT2D eigenvalue weighted by atomic mass is 16.3. The van der Waals surface area contributed by atoms with Gasteiger partial charge in [0.2, 0.25) is 5.91 Å². The molecule has 78 valence electrons. The van der Waals surface area contributed by atoms with E-state index in [0.717, 1.165) is 5.76 Å². The maximum atomic E-state index is 11.6. The molecule has 1 amide bonds. The maximum Gasteiger partial charge on any atom is 0.224 e. The van der Waals surface area contributed by atoms with Gasteiger partial charge < -0.3 is 9.32 Å². The van der Waals surface area contributed by atoms with Crippen LogP contribution >= 0.6 is 0 Å². The van der Waals surface area contributed by atoms with Crippen LogP contribution in [0, 0.1) is 17.2 Å². The highest BCUT2D eigenvalue weighted by molar-refractivity contribution is 5.79. The lowest BCUT2D eigenvalue weighted by Gasteiger charge is -2.22. The van der Waals surface area contributed by atoms with Crippen molar-refractivity contribution >= 4 is 5.91 Å². The Morgan fingerprint density at radius 3 is 3.07 bits per heavy atom. The predicted molar refractivity (Wildman–Crippen MR) is 52.6 cm³/mol. The zero-order valence-electron chi connectivity index (χ0n) is 8.51. The number of furan rings is 1. The van der Waals surface area contributed by atoms with Gasteiger partial charge in [0.1, 0.15) is 5.76 Å². The topological polar surface area (TPSA) is 57.2 Å². The van der Waals surface area contributed by atoms with Crippen molar-refractivity contribution in [1.82, 2.24) is 4.90 Å². The van der Waals surface area contributed by atoms with Gasteiger partial charge in [0.15, 0.2) is 0 Å². The lowest BCUT2D eigenvalue weighted by molar-refractivity contribution is -0.129. The van der Waals surface area contributed by atoms with Crippen LogP contribution in [0.25, 0.3) is 0 Å². The molecule has 2 rings (SSSR count). The van der Waals surface area contributed by atoms with E-state index in [1.165, 1.54) is 0 Å². The van der Waals surface area contributed by atoms with Crippen molar-refractivity contribution in [2.24, 2.45) is 5.92 Å². The Bertz CT molecular complexity index is 391. The number of carbonyl (C=O) groups excluding carboxylic acids is 1. The van der Waals surface area contributed by atoms with Gasteiger partial charge in [0, 0.05) is 13.0 Å². The summed E-state index contributed by atoms with van der Waals surface area (Å²) >= 11 is 0. The normalized spacial score (nSPS) is 22.8. The molecule has 0 bridgehead atoms. The first-order chi connectivity index (χ1) is 7.22. The Kier molecular flexibility index (Phi) is 2.46. The van der Waals surface area contributed by atoms with Crippen molar-refractivity contribution in [3.63, 3.8) is 0 Å². The summed E-state index contributed by atoms with van der Waals surface area (Å²) in [4.78, 5) is 13.3. The molecule has 1 fully saturated rings. The smallest absolute Gasteiger partial charge is 0.224 e. The predicted octanol–water partition coefficient (Wildman–Crippen LogP) is 1.71. The van der Waals surface area contributed by atoms with Crippen LogP contribution in [0.2, 0.25) is 0 Å². The first kappa shape index (κ1) is 9.78. The van der Waals surface area contributed by atoms with Gasteiger partial charge in [0.05, 0.1) is 24.3 Å². The summed E-state index contributed by atoms with van der Waals surface area (Å²) in [5.41, 5.74) is 0. The molecule has 2 unspecified atom stereocenters. The van der Waals surface area contributed by atoms with E-state index in [0.29, 0.717) is 13.0 Å². The number of likely N-dealkylation sites (tertiary alicyclic amines) is 1. The summed E-state index contributed by atoms with van der Waals surface area (Å²) in [6.07, 6.45) is 1.93. The van der Waals surface area contributed by atoms with Gasteiger partial charge in [0.25, 0.3) is 0 Å². The van der Waals surface area contributed by atoms with Gasteiger partial charge in [-0.25, -0.2) is 0 Å². The van der Waals surface area contributed by atoms with Gasteiger partial charge in [-0.1, -0.05) is 0 Å². The molecule has 0 radical (unpaired) electrons. The zero-order valence-corrected chi connectivity index (χ0v) is 8.51. The van der Waals surface area contributed by atoms with E-state index in [1.807, 2.05) is 13.0 Å². The monoisotopic (exact) mass is 204 g/mol. The Morgan fingerprint density at radius 2 is 2.53 bits per heavy atom. The number of nitriles is 1. The molecule has 2 heterocycles. The Labute approximate surface area is 88.1 Å². The number of hydrogen-bond donors (Lipinski definition) is 0. The number of rotatable bonds is 2. The summed E-state index contributed by atoms with van der Waals surface area (Å²) in [6.45, 7) is 2.42. The van der Waals surface area contributed by atoms with Gasteiger partial charge in [-0.05, 0) is 19.1 Å². The van der Waals surface area contributed by atoms with Crippen LogP contribution in [0.5, 0.6) is 0 Å². The van der Waals surface area contributed by atoms with Crippen molar-refractivity contribution < 1.29 is 9.21 Å². The maximum absolute atomic E-state index is 11.6. The van der Waals surface area contributed by atoms with Crippen LogP contribution in [-0.2, 0) is 4.79 Å². The molecular formula is C11H12N2O2. The molecule has 4 heteroatoms. The highest BCUT2D eigenvalue weighted by Gasteiger charge is 2.33. The van der Waals surface area contributed by atoms with Gasteiger partial charge in [-0.3, -0.25) is 4.79 Å². The standard InChI is InChI=1S/C11H12N2O2/c1-8(10-3-2-4-15-10)13-7-9(6-12)5-11(13)14/h2-4,8-9H,5,7H2,1H3. The van der Waals surface area contributed by atoms with E-state index in [2.05, 4.69) is 6.07 Å². The molecule has 0 N–H and O–H groups in total. The van der Waals surface area contributed by atoms with Crippen LogP contribution < -0.4 is 0 Å². The second-order valence-electron chi connectivity index (χ2n) is 3.77. The van der Waals surface area contributed by atoms with E-state index in [1.54, 1.807) is 17.2 Å². The summed E-state index contributed by atoms with van der Waals surface area (Å²) in [6, 6.07) is 5.70. The largest absolute Gasteiger partial charge is 0.467 e. The molecule has 0 aliphatic carbocycles. The molecule has 0 saturated carbocycles. The molecule has 0 spiro atoms. The molecule has 0 aromatic carbocycles. The highest BCUT2D eigenvalue weighted by Crippen LogP contribution is 2.28. The Morgan fingerprint density at radius 1 is 1.73 bits per heavy atom. The number of amides is 1. The minimum absolute atomic E-state index is 0.0328. The van der Waals surface area contributed by atoms with Crippen molar-refractivity contribution in [2.75, 3.05) is 6.54 Å². The van der Waals surface area contributed by atoms with Gasteiger partial charge >= 0.3 is 0 Å². The summed E-state index contributed by atoms with van der Waals surface area (Å²) < 4.78 is 5.25. The minimum Gasteiger partial charge on any atom is -0.467 e. The van der Waals surface area contributed by atoms with Gasteiger partial charge in [-0.15, -0.1) is 0 Å². The van der Waals surface area contributed by atoms with Crippen molar-refractivity contribution in [2.45, 2.75) is 19.4 Å². The van der Waals surface area contributed by atoms with E-state index in [-0.39, 0.29) is 17.9 Å². The quantitative estimate of drug-likeness (QED) is 0.736. The first-order valence-electron chi connectivity index (χ1n) is 4.95. The third-order valence-corrected chi connectivity index (χ3v) is 2.76. The fraction of sp³-hybridized carbons (Fsp3) is 0.455. The molecule has 1 aliphatic rings. The Balaban J connectivity index is 2.12. The van der Waals surface area contributed by atoms with Crippen molar-refractivity contribution in [1.29, 1.82) is 5.26 Å². The van der Waals surface area contributed by atoms with Crippen LogP contribution in [0.15, 0.2) is 22.8 Å². The SMILES string of the molecule is CC(c1ccco1)N1CC(C#N)CC1=O. The fourth-order valence-electron chi connectivity index (χ4n) is 1.87. The summed E-state index contributed by atoms with van der Waals surface area (Å²) in [7, 11) is 0. The van der Waals surface area contributed by atoms with Crippen molar-refractivity contribution in [3.05, 3.63) is 24.2 Å². The summed E-state index contributed by atoms with van der Waals surface area (Å²) in [5.74, 6) is 0.627. The van der Waals surface area contributed by atoms with E-state index in [9.17, 15) is 4.79 Å². The minimum atomic E-state index is -0.171. The molecule has 4 nitrogen and oxygen atoms in total. The van der Waals surface area contributed by atoms with Crippen LogP contribution in [0.4, 0.5) is 0 Å². The average Bonchev–Trinajstić information content (AvgIpc) is 2.85. The first-order valence-corrected chi connectivity index (χ1v) is 4.95. The molecule has 2 atom stereocenters. The molecule has 1 aromatic rings. The lowest BCUT2D eigenvalue weighted by Crippen LogP contribution is -2.28. The van der Waals surface area contributed by atoms with Gasteiger partial charge in [-0.2, -0.15) is 5.26 Å². The summed E-state index contributed by atoms with van der Waals surface area (Å²) in [5, 5.41) is 8.76. The number of carbonyl (C=O) groups is 1. The molecular weight excluding hydrogens is 192 g/mol.